The first-order chi connectivity index (χ1) is 5.11. The van der Waals surface area contributed by atoms with Gasteiger partial charge < -0.3 is 5.11 Å². The van der Waals surface area contributed by atoms with Crippen molar-refractivity contribution in [3.8, 4) is 0 Å². The van der Waals surface area contributed by atoms with Gasteiger partial charge in [0.05, 0.1) is 11.5 Å². The summed E-state index contributed by atoms with van der Waals surface area (Å²) in [6.45, 7) is 7.06. The molecule has 0 aliphatic carbocycles. The molecule has 0 bridgehead atoms. The molecule has 4 nitrogen and oxygen atoms in total. The average molecular weight is 152 g/mol. The summed E-state index contributed by atoms with van der Waals surface area (Å²) in [7, 11) is 0. The standard InChI is InChI=1S/C7H8N2O2/c1-5-3-8-9(6(5)2)4-7(10)11/h3H,1-2,4H2,(H,10,11). The van der Waals surface area contributed by atoms with Crippen molar-refractivity contribution in [1.82, 2.24) is 9.78 Å². The minimum atomic E-state index is -0.932. The normalized spacial score (nSPS) is 9.82. The maximum Gasteiger partial charge on any atom is 0.325 e. The highest BCUT2D eigenvalue weighted by Crippen LogP contribution is 1.71. The predicted molar refractivity (Wildman–Crippen MR) is 40.2 cm³/mol. The largest absolute Gasteiger partial charge is 0.480 e. The van der Waals surface area contributed by atoms with Crippen LogP contribution in [0.4, 0.5) is 0 Å². The summed E-state index contributed by atoms with van der Waals surface area (Å²) in [5.74, 6) is -0.932. The number of hydrogen-bond acceptors (Lipinski definition) is 2. The minimum Gasteiger partial charge on any atom is -0.480 e. The summed E-state index contributed by atoms with van der Waals surface area (Å²) in [6.07, 6.45) is 1.49. The molecule has 1 aromatic heterocycles. The van der Waals surface area contributed by atoms with Crippen LogP contribution in [0.3, 0.4) is 0 Å². The van der Waals surface area contributed by atoms with Gasteiger partial charge in [-0.25, -0.2) is 0 Å². The second kappa shape index (κ2) is 2.57. The molecule has 0 saturated carbocycles. The van der Waals surface area contributed by atoms with E-state index in [2.05, 4.69) is 18.3 Å². The molecule has 0 atom stereocenters. The lowest BCUT2D eigenvalue weighted by Gasteiger charge is -1.93. The molecule has 0 aromatic carbocycles. The lowest BCUT2D eigenvalue weighted by atomic mass is 10.5. The van der Waals surface area contributed by atoms with Gasteiger partial charge in [0.2, 0.25) is 0 Å². The van der Waals surface area contributed by atoms with Crippen LogP contribution in [0.5, 0.6) is 0 Å². The van der Waals surface area contributed by atoms with Gasteiger partial charge in [0.15, 0.2) is 0 Å². The maximum absolute atomic E-state index is 10.2. The molecule has 58 valence electrons. The van der Waals surface area contributed by atoms with E-state index in [4.69, 9.17) is 5.11 Å². The molecule has 0 amide bonds. The Kier molecular flexibility index (Phi) is 1.76. The lowest BCUT2D eigenvalue weighted by Crippen LogP contribution is -2.29. The molecule has 0 aliphatic rings. The lowest BCUT2D eigenvalue weighted by molar-refractivity contribution is -0.137. The second-order valence-electron chi connectivity index (χ2n) is 2.17. The van der Waals surface area contributed by atoms with Gasteiger partial charge >= 0.3 is 5.97 Å². The third-order valence-electron chi connectivity index (χ3n) is 1.32. The van der Waals surface area contributed by atoms with Crippen molar-refractivity contribution in [2.75, 3.05) is 0 Å². The fourth-order valence-electron chi connectivity index (χ4n) is 0.714. The van der Waals surface area contributed by atoms with Gasteiger partial charge in [0.25, 0.3) is 0 Å². The van der Waals surface area contributed by atoms with Crippen molar-refractivity contribution >= 4 is 19.1 Å². The molecule has 1 aromatic rings. The van der Waals surface area contributed by atoms with Crippen LogP contribution in [0.1, 0.15) is 0 Å². The Bertz CT molecular complexity index is 366. The number of carbonyl (C=O) groups is 1. The van der Waals surface area contributed by atoms with E-state index < -0.39 is 5.97 Å². The van der Waals surface area contributed by atoms with Crippen molar-refractivity contribution < 1.29 is 9.90 Å². The highest BCUT2D eigenvalue weighted by atomic mass is 16.4. The van der Waals surface area contributed by atoms with Crippen LogP contribution in [0, 0.1) is 0 Å². The molecule has 1 rings (SSSR count). The van der Waals surface area contributed by atoms with Gasteiger partial charge in [-0.15, -0.1) is 0 Å². The molecule has 0 aliphatic heterocycles. The number of rotatable bonds is 2. The fraction of sp³-hybridized carbons (Fsp3) is 0.143. The molecule has 0 unspecified atom stereocenters. The van der Waals surface area contributed by atoms with Gasteiger partial charge in [-0.2, -0.15) is 5.10 Å². The second-order valence-corrected chi connectivity index (χ2v) is 2.17. The Morgan fingerprint density at radius 1 is 1.73 bits per heavy atom. The summed E-state index contributed by atoms with van der Waals surface area (Å²) in [5, 5.41) is 13.4. The maximum atomic E-state index is 10.2. The van der Waals surface area contributed by atoms with Gasteiger partial charge in [-0.1, -0.05) is 13.2 Å². The molecule has 1 N–H and O–H groups in total. The highest BCUT2D eigenvalue weighted by Gasteiger charge is 1.99. The first-order valence-corrected chi connectivity index (χ1v) is 3.03. The van der Waals surface area contributed by atoms with Crippen LogP contribution in [0.2, 0.25) is 0 Å². The Morgan fingerprint density at radius 3 is 2.73 bits per heavy atom. The van der Waals surface area contributed by atoms with E-state index in [1.54, 1.807) is 0 Å². The summed E-state index contributed by atoms with van der Waals surface area (Å²) >= 11 is 0. The van der Waals surface area contributed by atoms with Crippen LogP contribution in [0.15, 0.2) is 6.20 Å². The van der Waals surface area contributed by atoms with Gasteiger partial charge in [-0.05, 0) is 0 Å². The van der Waals surface area contributed by atoms with Gasteiger partial charge in [0.1, 0.15) is 6.54 Å². The van der Waals surface area contributed by atoms with E-state index in [0.29, 0.717) is 10.6 Å². The topological polar surface area (TPSA) is 55.1 Å². The zero-order valence-corrected chi connectivity index (χ0v) is 5.95. The zero-order valence-electron chi connectivity index (χ0n) is 5.95. The Morgan fingerprint density at radius 2 is 2.36 bits per heavy atom. The van der Waals surface area contributed by atoms with Crippen LogP contribution < -0.4 is 10.6 Å². The van der Waals surface area contributed by atoms with Crippen molar-refractivity contribution in [3.05, 3.63) is 16.8 Å². The van der Waals surface area contributed by atoms with E-state index in [1.807, 2.05) is 0 Å². The number of hydrogen-bond donors (Lipinski definition) is 1. The predicted octanol–water partition coefficient (Wildman–Crippen LogP) is -1.21. The number of aliphatic carboxylic acids is 1. The average Bonchev–Trinajstić information content (AvgIpc) is 2.18. The Balaban J connectivity index is 3.06. The molecule has 0 saturated heterocycles. The van der Waals surface area contributed by atoms with E-state index in [-0.39, 0.29) is 6.54 Å². The molecule has 0 radical (unpaired) electrons. The van der Waals surface area contributed by atoms with E-state index >= 15 is 0 Å². The molecular formula is C7H8N2O2. The SMILES string of the molecule is C=c1cnn(CC(=O)O)c1=C. The fourth-order valence-corrected chi connectivity index (χ4v) is 0.714. The molecule has 1 heterocycles. The zero-order chi connectivity index (χ0) is 8.43. The Hall–Kier alpha value is -1.58. The van der Waals surface area contributed by atoms with E-state index in [0.717, 1.165) is 0 Å². The minimum absolute atomic E-state index is 0.158. The van der Waals surface area contributed by atoms with Crippen LogP contribution in [-0.4, -0.2) is 20.9 Å². The quantitative estimate of drug-likeness (QED) is 0.578. The van der Waals surface area contributed by atoms with Crippen molar-refractivity contribution in [2.45, 2.75) is 6.54 Å². The summed E-state index contributed by atoms with van der Waals surface area (Å²) in [6, 6.07) is 0. The summed E-state index contributed by atoms with van der Waals surface area (Å²) in [5.41, 5.74) is 0. The summed E-state index contributed by atoms with van der Waals surface area (Å²) in [4.78, 5) is 10.2. The number of nitrogens with zero attached hydrogens (tertiary/aromatic N) is 2. The number of aromatic nitrogens is 2. The highest BCUT2D eigenvalue weighted by molar-refractivity contribution is 5.66. The Labute approximate surface area is 63.1 Å². The van der Waals surface area contributed by atoms with Crippen molar-refractivity contribution in [1.29, 1.82) is 0 Å². The molecule has 0 spiro atoms. The van der Waals surface area contributed by atoms with Crippen molar-refractivity contribution in [3.63, 3.8) is 0 Å². The molecule has 0 fully saturated rings. The summed E-state index contributed by atoms with van der Waals surface area (Å²) < 4.78 is 1.30. The van der Waals surface area contributed by atoms with Crippen LogP contribution in [0.25, 0.3) is 13.2 Å². The van der Waals surface area contributed by atoms with Crippen LogP contribution in [-0.2, 0) is 11.3 Å². The van der Waals surface area contributed by atoms with Gasteiger partial charge in [-0.3, -0.25) is 9.48 Å². The first kappa shape index (κ1) is 7.53. The van der Waals surface area contributed by atoms with Crippen LogP contribution >= 0.6 is 0 Å². The monoisotopic (exact) mass is 152 g/mol. The molecule has 4 heteroatoms. The number of carboxylic acid groups (broad SMARTS) is 1. The third kappa shape index (κ3) is 1.46. The third-order valence-corrected chi connectivity index (χ3v) is 1.32. The smallest absolute Gasteiger partial charge is 0.325 e. The molecule has 11 heavy (non-hydrogen) atoms. The van der Waals surface area contributed by atoms with Gasteiger partial charge in [0, 0.05) is 5.22 Å². The first-order valence-electron chi connectivity index (χ1n) is 3.03. The molecular weight excluding hydrogens is 144 g/mol. The van der Waals surface area contributed by atoms with E-state index in [1.165, 1.54) is 10.9 Å². The number of carboxylic acids is 1. The van der Waals surface area contributed by atoms with Crippen molar-refractivity contribution in [2.24, 2.45) is 0 Å². The van der Waals surface area contributed by atoms with E-state index in [9.17, 15) is 4.79 Å².